The van der Waals surface area contributed by atoms with Crippen LogP contribution in [0.4, 0.5) is 0 Å². The highest BCUT2D eigenvalue weighted by molar-refractivity contribution is 6.32. The van der Waals surface area contributed by atoms with Gasteiger partial charge in [-0.25, -0.2) is 39.9 Å². The molecular weight excluding hydrogens is 416 g/mol. The van der Waals surface area contributed by atoms with Gasteiger partial charge in [0.15, 0.2) is 46.7 Å². The molecule has 5 rings (SSSR count). The first-order valence-corrected chi connectivity index (χ1v) is 8.89. The van der Waals surface area contributed by atoms with Crippen molar-refractivity contribution in [2.75, 3.05) is 0 Å². The van der Waals surface area contributed by atoms with E-state index in [2.05, 4.69) is 39.9 Å². The first-order chi connectivity index (χ1) is 15.2. The van der Waals surface area contributed by atoms with Gasteiger partial charge < -0.3 is 45.9 Å². The highest BCUT2D eigenvalue weighted by Crippen LogP contribution is 2.20. The van der Waals surface area contributed by atoms with Gasteiger partial charge >= 0.3 is 0 Å². The summed E-state index contributed by atoms with van der Waals surface area (Å²) in [7, 11) is 0. The van der Waals surface area contributed by atoms with Gasteiger partial charge in [-0.3, -0.25) is 0 Å². The van der Waals surface area contributed by atoms with E-state index >= 15 is 0 Å². The minimum atomic E-state index is 0.0181. The lowest BCUT2D eigenvalue weighted by atomic mass is 10.3. The third-order valence-corrected chi connectivity index (χ3v) is 4.78. The third-order valence-electron chi connectivity index (χ3n) is 4.78. The summed E-state index contributed by atoms with van der Waals surface area (Å²) in [6, 6.07) is 0. The van der Waals surface area contributed by atoms with Crippen LogP contribution in [0.5, 0.6) is 0 Å². The number of hydrogen-bond acceptors (Lipinski definition) is 16. The van der Waals surface area contributed by atoms with Crippen molar-refractivity contribution in [2.24, 2.45) is 85.8 Å². The molecule has 0 saturated carbocycles. The number of fused-ring (bicyclic) bond motifs is 4. The lowest BCUT2D eigenvalue weighted by Gasteiger charge is -1.98. The van der Waals surface area contributed by atoms with Gasteiger partial charge in [0, 0.05) is 0 Å². The number of rotatable bonds is 0. The Labute approximate surface area is 178 Å². The molecule has 0 aromatic carbocycles. The zero-order chi connectivity index (χ0) is 22.9. The van der Waals surface area contributed by atoms with Gasteiger partial charge in [-0.05, 0) is 0 Å². The van der Waals surface area contributed by atoms with Crippen molar-refractivity contribution >= 4 is 46.7 Å². The second-order valence-corrected chi connectivity index (χ2v) is 6.79. The van der Waals surface area contributed by atoms with Crippen molar-refractivity contribution < 1.29 is 0 Å². The highest BCUT2D eigenvalue weighted by Gasteiger charge is 2.30. The number of nitrogens with two attached hydrogens (primary N) is 8. The topological polar surface area (TPSA) is 307 Å². The molecule has 0 saturated heterocycles. The van der Waals surface area contributed by atoms with E-state index in [-0.39, 0.29) is 92.3 Å². The van der Waals surface area contributed by atoms with E-state index in [0.717, 1.165) is 0 Å². The molecule has 5 aliphatic rings. The molecule has 8 bridgehead atoms. The summed E-state index contributed by atoms with van der Waals surface area (Å²) >= 11 is 0. The predicted octanol–water partition coefficient (Wildman–Crippen LogP) is -4.24. The summed E-state index contributed by atoms with van der Waals surface area (Å²) in [6.07, 6.45) is 0. The van der Waals surface area contributed by atoms with Crippen LogP contribution in [0.3, 0.4) is 0 Å². The lowest BCUT2D eigenvalue weighted by molar-refractivity contribution is 1.32. The Kier molecular flexibility index (Phi) is 3.58. The number of amidine groups is 8. The van der Waals surface area contributed by atoms with Crippen LogP contribution in [-0.4, -0.2) is 46.7 Å². The summed E-state index contributed by atoms with van der Waals surface area (Å²) in [6.45, 7) is 0. The van der Waals surface area contributed by atoms with Crippen molar-refractivity contribution in [1.29, 1.82) is 0 Å². The predicted molar refractivity (Wildman–Crippen MR) is 121 cm³/mol. The fraction of sp³-hybridized carbons (Fsp3) is 0. The van der Waals surface area contributed by atoms with Gasteiger partial charge in [-0.1, -0.05) is 0 Å². The molecule has 5 aliphatic heterocycles. The Morgan fingerprint density at radius 2 is 0.312 bits per heavy atom. The van der Waals surface area contributed by atoms with Gasteiger partial charge in [-0.15, -0.1) is 0 Å². The average Bonchev–Trinajstić information content (AvgIpc) is 3.37. The average molecular weight is 432 g/mol. The van der Waals surface area contributed by atoms with E-state index in [0.29, 0.717) is 0 Å². The van der Waals surface area contributed by atoms with Crippen LogP contribution in [0, 0.1) is 0 Å². The lowest BCUT2D eigenvalue weighted by Crippen LogP contribution is -2.19. The molecule has 0 amide bonds. The van der Waals surface area contributed by atoms with Crippen molar-refractivity contribution in [3.05, 3.63) is 45.6 Å². The Morgan fingerprint density at radius 1 is 0.219 bits per heavy atom. The fourth-order valence-corrected chi connectivity index (χ4v) is 2.93. The normalized spacial score (nSPS) is 29.0. The van der Waals surface area contributed by atoms with Gasteiger partial charge in [0.2, 0.25) is 0 Å². The fourth-order valence-electron chi connectivity index (χ4n) is 2.93. The molecule has 0 unspecified atom stereocenters. The van der Waals surface area contributed by atoms with E-state index in [4.69, 9.17) is 45.9 Å². The first kappa shape index (κ1) is 18.7. The van der Waals surface area contributed by atoms with Crippen molar-refractivity contribution in [1.82, 2.24) is 0 Å². The largest absolute Gasteiger partial charge is 0.394 e. The minimum Gasteiger partial charge on any atom is -0.394 e. The molecule has 0 aromatic rings. The highest BCUT2D eigenvalue weighted by atomic mass is 15.2. The van der Waals surface area contributed by atoms with Crippen LogP contribution in [0.25, 0.3) is 0 Å². The van der Waals surface area contributed by atoms with Gasteiger partial charge in [0.25, 0.3) is 0 Å². The second kappa shape index (κ2) is 6.11. The van der Waals surface area contributed by atoms with Crippen molar-refractivity contribution in [2.45, 2.75) is 0 Å². The molecule has 16 N–H and O–H groups in total. The molecule has 0 fully saturated rings. The molecule has 0 spiro atoms. The molecule has 16 heteroatoms. The number of nitrogens with zero attached hydrogens (tertiary/aromatic N) is 8. The summed E-state index contributed by atoms with van der Waals surface area (Å²) < 4.78 is 0. The molecule has 16 nitrogen and oxygen atoms in total. The molecule has 5 heterocycles. The summed E-state index contributed by atoms with van der Waals surface area (Å²) in [5.74, 6) is 0.145. The molecule has 0 radical (unpaired) electrons. The maximum absolute atomic E-state index is 6.03. The SMILES string of the molecule is NC1=C(N)/C2=N/C3=NC(=N\C4=NC(=N\C5=NC(=N\C1=N2)/C(N)=C5N)/C(N)=C4N)/C(N)=C3N. The Hall–Kier alpha value is -5.28. The molecule has 0 aromatic heterocycles. The van der Waals surface area contributed by atoms with Gasteiger partial charge in [-0.2, -0.15) is 0 Å². The summed E-state index contributed by atoms with van der Waals surface area (Å²) in [4.78, 5) is 33.9. The van der Waals surface area contributed by atoms with Gasteiger partial charge in [0.1, 0.15) is 45.6 Å². The zero-order valence-corrected chi connectivity index (χ0v) is 16.2. The van der Waals surface area contributed by atoms with Crippen molar-refractivity contribution in [3.8, 4) is 0 Å². The van der Waals surface area contributed by atoms with E-state index in [9.17, 15) is 0 Å². The van der Waals surface area contributed by atoms with E-state index in [1.165, 1.54) is 0 Å². The van der Waals surface area contributed by atoms with Gasteiger partial charge in [0.05, 0.1) is 0 Å². The van der Waals surface area contributed by atoms with E-state index in [1.54, 1.807) is 0 Å². The molecule has 32 heavy (non-hydrogen) atoms. The van der Waals surface area contributed by atoms with Crippen molar-refractivity contribution in [3.63, 3.8) is 0 Å². The second-order valence-electron chi connectivity index (χ2n) is 6.79. The summed E-state index contributed by atoms with van der Waals surface area (Å²) in [5, 5.41) is 0. The van der Waals surface area contributed by atoms with Crippen LogP contribution < -0.4 is 45.9 Å². The van der Waals surface area contributed by atoms with E-state index < -0.39 is 0 Å². The maximum atomic E-state index is 6.03. The number of aliphatic imine (C=N–C) groups is 8. The van der Waals surface area contributed by atoms with E-state index in [1.807, 2.05) is 0 Å². The minimum absolute atomic E-state index is 0.0181. The van der Waals surface area contributed by atoms with Crippen LogP contribution in [0.2, 0.25) is 0 Å². The first-order valence-electron chi connectivity index (χ1n) is 8.89. The molecular formula is C16H16N16. The maximum Gasteiger partial charge on any atom is 0.182 e. The standard InChI is InChI=1S/C16H16N16/c17-1-2(18)10-25-9(1)29-11-3(19)4(20)13(26-11)31-15-7(23)8(24)16(28-15)32-14-6(22)5(21)12(27-14)30-10/h17-24H2/b29-9-,29-11?,30-10?,30-12-,31-13-,31-15?,32-14?,32-16-. The monoisotopic (exact) mass is 432 g/mol. The Morgan fingerprint density at radius 3 is 0.406 bits per heavy atom. The van der Waals surface area contributed by atoms with Crippen LogP contribution in [-0.2, 0) is 0 Å². The van der Waals surface area contributed by atoms with Crippen LogP contribution >= 0.6 is 0 Å². The van der Waals surface area contributed by atoms with Crippen LogP contribution in [0.15, 0.2) is 85.5 Å². The van der Waals surface area contributed by atoms with Crippen LogP contribution in [0.1, 0.15) is 0 Å². The molecule has 0 aliphatic carbocycles. The quantitative estimate of drug-likeness (QED) is 0.185. The zero-order valence-electron chi connectivity index (χ0n) is 16.2. The molecule has 160 valence electrons. The summed E-state index contributed by atoms with van der Waals surface area (Å²) in [5.41, 5.74) is 48.7. The Bertz CT molecular complexity index is 1180. The smallest absolute Gasteiger partial charge is 0.182 e. The third kappa shape index (κ3) is 2.49. The number of hydrogen-bond donors (Lipinski definition) is 8. The molecule has 0 atom stereocenters. The Balaban J connectivity index is 1.79.